The van der Waals surface area contributed by atoms with Gasteiger partial charge in [-0.05, 0) is 24.0 Å². The van der Waals surface area contributed by atoms with E-state index in [2.05, 4.69) is 15.5 Å². The van der Waals surface area contributed by atoms with Crippen LogP contribution in [0, 0.1) is 5.92 Å². The van der Waals surface area contributed by atoms with Gasteiger partial charge in [0, 0.05) is 25.0 Å². The van der Waals surface area contributed by atoms with E-state index in [-0.39, 0.29) is 29.1 Å². The molecule has 1 aromatic heterocycles. The summed E-state index contributed by atoms with van der Waals surface area (Å²) in [5, 5.41) is 12.4. The van der Waals surface area contributed by atoms with Crippen LogP contribution in [0.3, 0.4) is 0 Å². The molecule has 1 unspecified atom stereocenters. The minimum atomic E-state index is -2.90. The van der Waals surface area contributed by atoms with Crippen molar-refractivity contribution in [2.75, 3.05) is 17.3 Å². The summed E-state index contributed by atoms with van der Waals surface area (Å²) in [5.41, 5.74) is 0.866. The molecule has 2 aromatic rings. The first-order valence-electron chi connectivity index (χ1n) is 8.55. The lowest BCUT2D eigenvalue weighted by Gasteiger charge is -2.08. The van der Waals surface area contributed by atoms with E-state index in [4.69, 9.17) is 11.6 Å². The van der Waals surface area contributed by atoms with Crippen molar-refractivity contribution in [2.45, 2.75) is 24.5 Å². The third kappa shape index (κ3) is 5.46. The standard InChI is InChI=1S/C17H21ClN4O3S2/c1-22-15(8-12-6-7-27(24,25)11-12)20-21-17(22)26-10-16(23)19-9-13-4-2-3-5-14(13)18/h2-5,12H,6-11H2,1H3,(H,19,23). The van der Waals surface area contributed by atoms with Crippen LogP contribution < -0.4 is 5.32 Å². The van der Waals surface area contributed by atoms with Crippen molar-refractivity contribution in [2.24, 2.45) is 13.0 Å². The van der Waals surface area contributed by atoms with E-state index >= 15 is 0 Å². The molecule has 0 saturated carbocycles. The van der Waals surface area contributed by atoms with Crippen LogP contribution in [-0.4, -0.2) is 46.3 Å². The van der Waals surface area contributed by atoms with E-state index in [1.807, 2.05) is 29.8 Å². The van der Waals surface area contributed by atoms with Gasteiger partial charge in [0.15, 0.2) is 15.0 Å². The molecule has 1 aromatic carbocycles. The van der Waals surface area contributed by atoms with E-state index in [9.17, 15) is 13.2 Å². The summed E-state index contributed by atoms with van der Waals surface area (Å²) in [6.45, 7) is 0.374. The van der Waals surface area contributed by atoms with Gasteiger partial charge in [0.1, 0.15) is 5.82 Å². The average Bonchev–Trinajstić information content (AvgIpc) is 3.15. The molecule has 10 heteroatoms. The number of carbonyl (C=O) groups is 1. The van der Waals surface area contributed by atoms with E-state index < -0.39 is 9.84 Å². The maximum Gasteiger partial charge on any atom is 0.230 e. The van der Waals surface area contributed by atoms with Gasteiger partial charge < -0.3 is 9.88 Å². The molecule has 1 amide bonds. The lowest BCUT2D eigenvalue weighted by atomic mass is 10.1. The van der Waals surface area contributed by atoms with E-state index in [1.165, 1.54) is 11.8 Å². The van der Waals surface area contributed by atoms with Gasteiger partial charge in [-0.2, -0.15) is 0 Å². The van der Waals surface area contributed by atoms with Gasteiger partial charge in [0.25, 0.3) is 0 Å². The number of carbonyl (C=O) groups excluding carboxylic acids is 1. The molecule has 0 spiro atoms. The van der Waals surface area contributed by atoms with Crippen LogP contribution in [0.1, 0.15) is 17.8 Å². The fourth-order valence-corrected chi connectivity index (χ4v) is 5.78. The monoisotopic (exact) mass is 428 g/mol. The first kappa shape index (κ1) is 20.2. The van der Waals surface area contributed by atoms with Crippen molar-refractivity contribution in [1.29, 1.82) is 0 Å². The maximum absolute atomic E-state index is 12.1. The Morgan fingerprint density at radius 3 is 2.85 bits per heavy atom. The number of rotatable bonds is 7. The van der Waals surface area contributed by atoms with Gasteiger partial charge >= 0.3 is 0 Å². The van der Waals surface area contributed by atoms with Crippen LogP contribution in [0.15, 0.2) is 29.4 Å². The molecule has 27 heavy (non-hydrogen) atoms. The molecule has 2 heterocycles. The summed E-state index contributed by atoms with van der Waals surface area (Å²) >= 11 is 7.37. The Hall–Kier alpha value is -1.58. The van der Waals surface area contributed by atoms with Crippen molar-refractivity contribution in [3.63, 3.8) is 0 Å². The number of benzene rings is 1. The molecule has 1 saturated heterocycles. The Kier molecular flexibility index (Phi) is 6.44. The topological polar surface area (TPSA) is 93.9 Å². The zero-order valence-corrected chi connectivity index (χ0v) is 17.3. The highest BCUT2D eigenvalue weighted by Gasteiger charge is 2.29. The molecule has 1 aliphatic rings. The Bertz CT molecular complexity index is 930. The van der Waals surface area contributed by atoms with Gasteiger partial charge in [-0.15, -0.1) is 10.2 Å². The van der Waals surface area contributed by atoms with Gasteiger partial charge in [-0.25, -0.2) is 8.42 Å². The molecular formula is C17H21ClN4O3S2. The molecule has 7 nitrogen and oxygen atoms in total. The Morgan fingerprint density at radius 2 is 2.15 bits per heavy atom. The van der Waals surface area contributed by atoms with Crippen LogP contribution in [0.5, 0.6) is 0 Å². The molecule has 1 aliphatic heterocycles. The SMILES string of the molecule is Cn1c(CC2CCS(=O)(=O)C2)nnc1SCC(=O)NCc1ccccc1Cl. The summed E-state index contributed by atoms with van der Waals surface area (Å²) in [6.07, 6.45) is 1.25. The third-order valence-corrected chi connectivity index (χ3v) is 7.72. The largest absolute Gasteiger partial charge is 0.351 e. The van der Waals surface area contributed by atoms with Crippen molar-refractivity contribution in [1.82, 2.24) is 20.1 Å². The molecule has 1 N–H and O–H groups in total. The van der Waals surface area contributed by atoms with Crippen LogP contribution >= 0.6 is 23.4 Å². The zero-order valence-electron chi connectivity index (χ0n) is 14.9. The average molecular weight is 429 g/mol. The maximum atomic E-state index is 12.1. The number of halogens is 1. The Morgan fingerprint density at radius 1 is 1.37 bits per heavy atom. The second-order valence-corrected chi connectivity index (χ2v) is 10.2. The van der Waals surface area contributed by atoms with Gasteiger partial charge in [0.05, 0.1) is 17.3 Å². The normalized spacial score (nSPS) is 18.5. The Balaban J connectivity index is 1.49. The lowest BCUT2D eigenvalue weighted by molar-refractivity contribution is -0.118. The zero-order chi connectivity index (χ0) is 19.4. The third-order valence-electron chi connectivity index (χ3n) is 4.49. The number of nitrogens with one attached hydrogen (secondary N) is 1. The molecule has 1 atom stereocenters. The van der Waals surface area contributed by atoms with Crippen molar-refractivity contribution in [3.05, 3.63) is 40.7 Å². The number of aromatic nitrogens is 3. The summed E-state index contributed by atoms with van der Waals surface area (Å²) in [4.78, 5) is 12.1. The van der Waals surface area contributed by atoms with E-state index in [0.29, 0.717) is 29.6 Å². The second-order valence-electron chi connectivity index (χ2n) is 6.59. The quantitative estimate of drug-likeness (QED) is 0.676. The summed E-state index contributed by atoms with van der Waals surface area (Å²) < 4.78 is 25.0. The van der Waals surface area contributed by atoms with E-state index in [0.717, 1.165) is 11.4 Å². The number of hydrogen-bond donors (Lipinski definition) is 1. The van der Waals surface area contributed by atoms with E-state index in [1.54, 1.807) is 6.07 Å². The second kappa shape index (κ2) is 8.62. The molecule has 1 fully saturated rings. The van der Waals surface area contributed by atoms with Crippen LogP contribution in [0.4, 0.5) is 0 Å². The highest BCUT2D eigenvalue weighted by atomic mass is 35.5. The summed E-state index contributed by atoms with van der Waals surface area (Å²) in [7, 11) is -1.06. The fraction of sp³-hybridized carbons (Fsp3) is 0.471. The van der Waals surface area contributed by atoms with Crippen LogP contribution in [0.2, 0.25) is 5.02 Å². The number of hydrogen-bond acceptors (Lipinski definition) is 6. The van der Waals surface area contributed by atoms with Gasteiger partial charge in [-0.1, -0.05) is 41.6 Å². The number of nitrogens with zero attached hydrogens (tertiary/aromatic N) is 3. The van der Waals surface area contributed by atoms with Crippen molar-refractivity contribution in [3.8, 4) is 0 Å². The van der Waals surface area contributed by atoms with Crippen molar-refractivity contribution < 1.29 is 13.2 Å². The first-order valence-corrected chi connectivity index (χ1v) is 11.7. The Labute approximate surface area is 167 Å². The van der Waals surface area contributed by atoms with Gasteiger partial charge in [0.2, 0.25) is 5.91 Å². The minimum Gasteiger partial charge on any atom is -0.351 e. The number of amides is 1. The lowest BCUT2D eigenvalue weighted by Crippen LogP contribution is -2.24. The number of sulfone groups is 1. The smallest absolute Gasteiger partial charge is 0.230 e. The van der Waals surface area contributed by atoms with Crippen molar-refractivity contribution >= 4 is 39.1 Å². The molecule has 0 radical (unpaired) electrons. The van der Waals surface area contributed by atoms with Gasteiger partial charge in [-0.3, -0.25) is 4.79 Å². The summed E-state index contributed by atoms with van der Waals surface area (Å²) in [6, 6.07) is 7.37. The molecule has 146 valence electrons. The molecule has 0 aliphatic carbocycles. The van der Waals surface area contributed by atoms with Crippen LogP contribution in [0.25, 0.3) is 0 Å². The molecule has 0 bridgehead atoms. The molecular weight excluding hydrogens is 408 g/mol. The highest BCUT2D eigenvalue weighted by Crippen LogP contribution is 2.23. The highest BCUT2D eigenvalue weighted by molar-refractivity contribution is 7.99. The predicted octanol–water partition coefficient (Wildman–Crippen LogP) is 1.85. The summed E-state index contributed by atoms with van der Waals surface area (Å²) in [5.74, 6) is 1.40. The molecule has 3 rings (SSSR count). The predicted molar refractivity (Wildman–Crippen MR) is 105 cm³/mol. The number of thioether (sulfide) groups is 1. The first-order chi connectivity index (χ1) is 12.8. The minimum absolute atomic E-state index is 0.0923. The fourth-order valence-electron chi connectivity index (χ4n) is 2.96. The van der Waals surface area contributed by atoms with Crippen LogP contribution in [-0.2, 0) is 34.6 Å².